The highest BCUT2D eigenvalue weighted by Crippen LogP contribution is 2.28. The second-order valence-corrected chi connectivity index (χ2v) is 5.65. The van der Waals surface area contributed by atoms with Gasteiger partial charge < -0.3 is 14.4 Å². The van der Waals surface area contributed by atoms with Crippen molar-refractivity contribution in [2.45, 2.75) is 13.5 Å². The number of amides is 1. The van der Waals surface area contributed by atoms with Crippen LogP contribution in [-0.4, -0.2) is 37.1 Å². The lowest BCUT2D eigenvalue weighted by Crippen LogP contribution is -2.26. The average molecular weight is 306 g/mol. The second kappa shape index (κ2) is 6.58. The van der Waals surface area contributed by atoms with E-state index in [1.807, 2.05) is 12.3 Å². The average Bonchev–Trinajstić information content (AvgIpc) is 2.90. The first-order chi connectivity index (χ1) is 10.0. The van der Waals surface area contributed by atoms with Crippen molar-refractivity contribution in [2.24, 2.45) is 0 Å². The first kappa shape index (κ1) is 15.3. The number of methoxy groups -OCH3 is 2. The Labute approximate surface area is 128 Å². The number of carbonyl (C=O) groups is 1. The van der Waals surface area contributed by atoms with E-state index < -0.39 is 0 Å². The summed E-state index contributed by atoms with van der Waals surface area (Å²) in [6.07, 6.45) is 0. The van der Waals surface area contributed by atoms with Gasteiger partial charge in [-0.2, -0.15) is 0 Å². The molecule has 0 N–H and O–H groups in total. The lowest BCUT2D eigenvalue weighted by Gasteiger charge is -2.17. The van der Waals surface area contributed by atoms with Crippen molar-refractivity contribution in [2.75, 3.05) is 21.3 Å². The molecule has 0 bridgehead atoms. The first-order valence-electron chi connectivity index (χ1n) is 6.43. The van der Waals surface area contributed by atoms with Crippen molar-refractivity contribution in [3.63, 3.8) is 0 Å². The summed E-state index contributed by atoms with van der Waals surface area (Å²) in [7, 11) is 4.87. The zero-order chi connectivity index (χ0) is 15.4. The Kier molecular flexibility index (Phi) is 4.80. The van der Waals surface area contributed by atoms with Crippen LogP contribution < -0.4 is 9.47 Å². The van der Waals surface area contributed by atoms with Gasteiger partial charge in [0.1, 0.15) is 0 Å². The van der Waals surface area contributed by atoms with Gasteiger partial charge in [-0.05, 0) is 25.1 Å². The number of carbonyl (C=O) groups excluding carboxylic acids is 1. The molecule has 1 aromatic carbocycles. The second-order valence-electron chi connectivity index (χ2n) is 4.59. The normalized spacial score (nSPS) is 10.3. The predicted octanol–water partition coefficient (Wildman–Crippen LogP) is 2.74. The predicted molar refractivity (Wildman–Crippen MR) is 82.2 cm³/mol. The van der Waals surface area contributed by atoms with Gasteiger partial charge >= 0.3 is 0 Å². The molecule has 0 aliphatic rings. The minimum atomic E-state index is -0.0818. The van der Waals surface area contributed by atoms with E-state index in [4.69, 9.17) is 9.47 Å². The van der Waals surface area contributed by atoms with Crippen molar-refractivity contribution in [3.05, 3.63) is 39.8 Å². The van der Waals surface area contributed by atoms with Crippen molar-refractivity contribution in [1.82, 2.24) is 9.88 Å². The smallest absolute Gasteiger partial charge is 0.254 e. The third kappa shape index (κ3) is 3.52. The molecule has 0 aliphatic carbocycles. The standard InChI is InChI=1S/C15H18N2O3S/c1-10-16-12(9-21-10)8-17(2)15(18)11-5-6-13(19-3)14(7-11)20-4/h5-7,9H,8H2,1-4H3. The number of aryl methyl sites for hydroxylation is 1. The van der Waals surface area contributed by atoms with Crippen LogP contribution in [0.4, 0.5) is 0 Å². The van der Waals surface area contributed by atoms with E-state index in [0.717, 1.165) is 10.7 Å². The summed E-state index contributed by atoms with van der Waals surface area (Å²) >= 11 is 1.58. The maximum atomic E-state index is 12.4. The van der Waals surface area contributed by atoms with Gasteiger partial charge in [0.2, 0.25) is 0 Å². The fourth-order valence-corrected chi connectivity index (χ4v) is 2.59. The van der Waals surface area contributed by atoms with Crippen LogP contribution in [0.2, 0.25) is 0 Å². The Morgan fingerprint density at radius 2 is 2.00 bits per heavy atom. The monoisotopic (exact) mass is 306 g/mol. The lowest BCUT2D eigenvalue weighted by atomic mass is 10.1. The molecule has 2 aromatic rings. The molecular weight excluding hydrogens is 288 g/mol. The summed E-state index contributed by atoms with van der Waals surface area (Å²) < 4.78 is 10.4. The molecule has 1 heterocycles. The summed E-state index contributed by atoms with van der Waals surface area (Å²) in [5.74, 6) is 1.06. The van der Waals surface area contributed by atoms with Gasteiger partial charge in [-0.1, -0.05) is 0 Å². The van der Waals surface area contributed by atoms with Crippen molar-refractivity contribution in [1.29, 1.82) is 0 Å². The van der Waals surface area contributed by atoms with Crippen LogP contribution in [-0.2, 0) is 6.54 Å². The lowest BCUT2D eigenvalue weighted by molar-refractivity contribution is 0.0783. The van der Waals surface area contributed by atoms with Crippen LogP contribution in [0.15, 0.2) is 23.6 Å². The van der Waals surface area contributed by atoms with Crippen molar-refractivity contribution < 1.29 is 14.3 Å². The number of benzene rings is 1. The van der Waals surface area contributed by atoms with E-state index in [1.54, 1.807) is 55.7 Å². The van der Waals surface area contributed by atoms with Crippen LogP contribution in [0, 0.1) is 6.92 Å². The third-order valence-corrected chi connectivity index (χ3v) is 3.87. The molecule has 0 radical (unpaired) electrons. The SMILES string of the molecule is COc1ccc(C(=O)N(C)Cc2csc(C)n2)cc1OC. The molecule has 0 unspecified atom stereocenters. The Morgan fingerprint density at radius 3 is 2.57 bits per heavy atom. The van der Waals surface area contributed by atoms with Gasteiger partial charge in [0, 0.05) is 18.0 Å². The Hall–Kier alpha value is -2.08. The first-order valence-corrected chi connectivity index (χ1v) is 7.31. The molecule has 1 amide bonds. The molecule has 5 nitrogen and oxygen atoms in total. The van der Waals surface area contributed by atoms with Crippen LogP contribution >= 0.6 is 11.3 Å². The number of aromatic nitrogens is 1. The van der Waals surface area contributed by atoms with Crippen molar-refractivity contribution in [3.8, 4) is 11.5 Å². The fraction of sp³-hybridized carbons (Fsp3) is 0.333. The van der Waals surface area contributed by atoms with E-state index in [2.05, 4.69) is 4.98 Å². The quantitative estimate of drug-likeness (QED) is 0.852. The largest absolute Gasteiger partial charge is 0.493 e. The number of nitrogens with zero attached hydrogens (tertiary/aromatic N) is 2. The number of hydrogen-bond donors (Lipinski definition) is 0. The molecule has 6 heteroatoms. The molecule has 112 valence electrons. The summed E-state index contributed by atoms with van der Waals surface area (Å²) in [6.45, 7) is 2.43. The van der Waals surface area contributed by atoms with E-state index in [1.165, 1.54) is 0 Å². The summed E-state index contributed by atoms with van der Waals surface area (Å²) in [6, 6.07) is 5.14. The highest BCUT2D eigenvalue weighted by atomic mass is 32.1. The Bertz CT molecular complexity index is 640. The zero-order valence-corrected chi connectivity index (χ0v) is 13.4. The molecule has 0 saturated carbocycles. The van der Waals surface area contributed by atoms with Crippen LogP contribution in [0.5, 0.6) is 11.5 Å². The molecular formula is C15H18N2O3S. The zero-order valence-electron chi connectivity index (χ0n) is 12.5. The summed E-state index contributed by atoms with van der Waals surface area (Å²) in [5, 5.41) is 2.96. The number of ether oxygens (including phenoxy) is 2. The van der Waals surface area contributed by atoms with E-state index in [9.17, 15) is 4.79 Å². The summed E-state index contributed by atoms with van der Waals surface area (Å²) in [4.78, 5) is 18.4. The number of hydrogen-bond acceptors (Lipinski definition) is 5. The van der Waals surface area contributed by atoms with Gasteiger partial charge in [-0.3, -0.25) is 4.79 Å². The van der Waals surface area contributed by atoms with Crippen LogP contribution in [0.1, 0.15) is 21.1 Å². The van der Waals surface area contributed by atoms with Gasteiger partial charge in [0.15, 0.2) is 11.5 Å². The molecule has 1 aromatic heterocycles. The van der Waals surface area contributed by atoms with Crippen LogP contribution in [0.3, 0.4) is 0 Å². The minimum Gasteiger partial charge on any atom is -0.493 e. The fourth-order valence-electron chi connectivity index (χ4n) is 1.99. The molecule has 21 heavy (non-hydrogen) atoms. The third-order valence-electron chi connectivity index (χ3n) is 3.04. The maximum absolute atomic E-state index is 12.4. The minimum absolute atomic E-state index is 0.0818. The van der Waals surface area contributed by atoms with Gasteiger partial charge in [0.05, 0.1) is 31.5 Å². The Balaban J connectivity index is 2.15. The highest BCUT2D eigenvalue weighted by molar-refractivity contribution is 7.09. The van der Waals surface area contributed by atoms with E-state index in [-0.39, 0.29) is 5.91 Å². The molecule has 0 aliphatic heterocycles. The summed E-state index contributed by atoms with van der Waals surface area (Å²) in [5.41, 5.74) is 1.45. The molecule has 0 saturated heterocycles. The Morgan fingerprint density at radius 1 is 1.29 bits per heavy atom. The maximum Gasteiger partial charge on any atom is 0.254 e. The van der Waals surface area contributed by atoms with E-state index >= 15 is 0 Å². The van der Waals surface area contributed by atoms with Crippen molar-refractivity contribution >= 4 is 17.2 Å². The molecule has 0 atom stereocenters. The topological polar surface area (TPSA) is 51.7 Å². The molecule has 0 spiro atoms. The van der Waals surface area contributed by atoms with Crippen LogP contribution in [0.25, 0.3) is 0 Å². The number of thiazole rings is 1. The van der Waals surface area contributed by atoms with Gasteiger partial charge in [0.25, 0.3) is 5.91 Å². The number of rotatable bonds is 5. The van der Waals surface area contributed by atoms with E-state index in [0.29, 0.717) is 23.6 Å². The highest BCUT2D eigenvalue weighted by Gasteiger charge is 2.15. The molecule has 2 rings (SSSR count). The van der Waals surface area contributed by atoms with Gasteiger partial charge in [-0.25, -0.2) is 4.98 Å². The van der Waals surface area contributed by atoms with Gasteiger partial charge in [-0.15, -0.1) is 11.3 Å². The molecule has 0 fully saturated rings.